The lowest BCUT2D eigenvalue weighted by Gasteiger charge is -2.11. The van der Waals surface area contributed by atoms with Crippen molar-refractivity contribution in [2.45, 2.75) is 19.4 Å². The minimum atomic E-state index is -0.620. The molecule has 4 heteroatoms. The smallest absolute Gasteiger partial charge is 0.119 e. The molecule has 0 heterocycles. The van der Waals surface area contributed by atoms with Crippen LogP contribution in [0.3, 0.4) is 0 Å². The third-order valence-electron chi connectivity index (χ3n) is 2.11. The molecule has 0 aliphatic rings. The molecule has 1 unspecified atom stereocenters. The highest BCUT2D eigenvalue weighted by Crippen LogP contribution is 2.22. The van der Waals surface area contributed by atoms with E-state index in [0.717, 1.165) is 17.0 Å². The van der Waals surface area contributed by atoms with E-state index in [2.05, 4.69) is 0 Å². The van der Waals surface area contributed by atoms with Crippen LogP contribution in [0.4, 0.5) is 0 Å². The van der Waals surface area contributed by atoms with Crippen molar-refractivity contribution < 1.29 is 9.84 Å². The Labute approximate surface area is 94.8 Å². The molecular weight excluding hydrogens is 214 g/mol. The molecule has 0 aliphatic carbocycles. The number of halogens is 1. The lowest BCUT2D eigenvalue weighted by Crippen LogP contribution is -2.26. The second-order valence-corrected chi connectivity index (χ2v) is 3.71. The van der Waals surface area contributed by atoms with Crippen molar-refractivity contribution in [2.75, 3.05) is 13.2 Å². The molecule has 3 nitrogen and oxygen atoms in total. The summed E-state index contributed by atoms with van der Waals surface area (Å²) in [6.07, 6.45) is 0.237. The Balaban J connectivity index is 2.62. The quantitative estimate of drug-likeness (QED) is 0.807. The van der Waals surface area contributed by atoms with E-state index in [0.29, 0.717) is 5.75 Å². The molecule has 0 aliphatic heterocycles. The van der Waals surface area contributed by atoms with Gasteiger partial charge in [0.1, 0.15) is 18.5 Å². The van der Waals surface area contributed by atoms with Gasteiger partial charge in [-0.1, -0.05) is 18.5 Å². The predicted octanol–water partition coefficient (Wildman–Crippen LogP) is 1.60. The maximum atomic E-state index is 9.22. The summed E-state index contributed by atoms with van der Waals surface area (Å²) < 4.78 is 5.37. The molecular formula is C11H16ClNO2. The van der Waals surface area contributed by atoms with Gasteiger partial charge in [0.25, 0.3) is 0 Å². The van der Waals surface area contributed by atoms with Crippen LogP contribution in [0.5, 0.6) is 5.75 Å². The molecule has 0 radical (unpaired) electrons. The van der Waals surface area contributed by atoms with Gasteiger partial charge in [0.05, 0.1) is 0 Å². The average Bonchev–Trinajstić information content (AvgIpc) is 2.27. The summed E-state index contributed by atoms with van der Waals surface area (Å²) in [6, 6.07) is 5.46. The summed E-state index contributed by atoms with van der Waals surface area (Å²) in [5.74, 6) is 0.712. The molecule has 0 fully saturated rings. The van der Waals surface area contributed by atoms with E-state index in [1.807, 2.05) is 13.0 Å². The van der Waals surface area contributed by atoms with E-state index in [-0.39, 0.29) is 13.2 Å². The number of rotatable bonds is 5. The fraction of sp³-hybridized carbons (Fsp3) is 0.455. The number of hydrogen-bond acceptors (Lipinski definition) is 3. The third-order valence-corrected chi connectivity index (χ3v) is 2.48. The van der Waals surface area contributed by atoms with Crippen LogP contribution in [0.2, 0.25) is 5.02 Å². The molecule has 1 atom stereocenters. The molecule has 0 spiro atoms. The van der Waals surface area contributed by atoms with Crippen LogP contribution in [0.25, 0.3) is 0 Å². The minimum Gasteiger partial charge on any atom is -0.491 e. The molecule has 0 aromatic heterocycles. The van der Waals surface area contributed by atoms with Crippen LogP contribution in [0.1, 0.15) is 12.5 Å². The van der Waals surface area contributed by atoms with Gasteiger partial charge >= 0.3 is 0 Å². The van der Waals surface area contributed by atoms with Gasteiger partial charge in [0, 0.05) is 11.6 Å². The number of nitrogens with two attached hydrogens (primary N) is 1. The van der Waals surface area contributed by atoms with Crippen LogP contribution in [-0.2, 0) is 6.42 Å². The van der Waals surface area contributed by atoms with Crippen molar-refractivity contribution in [2.24, 2.45) is 5.73 Å². The molecule has 1 aromatic carbocycles. The first-order chi connectivity index (χ1) is 7.17. The Morgan fingerprint density at radius 1 is 1.53 bits per heavy atom. The molecule has 1 rings (SSSR count). The Bertz CT molecular complexity index is 317. The summed E-state index contributed by atoms with van der Waals surface area (Å²) in [5, 5.41) is 9.96. The van der Waals surface area contributed by atoms with Crippen LogP contribution < -0.4 is 10.5 Å². The van der Waals surface area contributed by atoms with E-state index in [1.54, 1.807) is 12.1 Å². The average molecular weight is 230 g/mol. The van der Waals surface area contributed by atoms with Crippen molar-refractivity contribution in [3.8, 4) is 5.75 Å². The van der Waals surface area contributed by atoms with Gasteiger partial charge in [0.2, 0.25) is 0 Å². The standard InChI is InChI=1S/C11H16ClNO2/c1-2-8-5-10(3-4-11(8)12)15-7-9(14)6-13/h3-5,9,14H,2,6-7,13H2,1H3. The molecule has 84 valence electrons. The number of aliphatic hydroxyl groups excluding tert-OH is 1. The summed E-state index contributed by atoms with van der Waals surface area (Å²) in [6.45, 7) is 2.44. The summed E-state index contributed by atoms with van der Waals surface area (Å²) in [7, 11) is 0. The highest BCUT2D eigenvalue weighted by molar-refractivity contribution is 6.31. The molecule has 0 bridgehead atoms. The Kier molecular flexibility index (Phi) is 4.88. The zero-order valence-corrected chi connectivity index (χ0v) is 9.50. The number of hydrogen-bond donors (Lipinski definition) is 2. The second-order valence-electron chi connectivity index (χ2n) is 3.31. The first-order valence-electron chi connectivity index (χ1n) is 4.96. The van der Waals surface area contributed by atoms with Crippen molar-refractivity contribution in [1.29, 1.82) is 0 Å². The number of aryl methyl sites for hydroxylation is 1. The van der Waals surface area contributed by atoms with Crippen molar-refractivity contribution in [3.05, 3.63) is 28.8 Å². The van der Waals surface area contributed by atoms with Crippen LogP contribution in [0, 0.1) is 0 Å². The van der Waals surface area contributed by atoms with Gasteiger partial charge in [-0.2, -0.15) is 0 Å². The SMILES string of the molecule is CCc1cc(OCC(O)CN)ccc1Cl. The van der Waals surface area contributed by atoms with Gasteiger partial charge in [-0.15, -0.1) is 0 Å². The van der Waals surface area contributed by atoms with E-state index in [9.17, 15) is 5.11 Å². The first kappa shape index (κ1) is 12.3. The van der Waals surface area contributed by atoms with Crippen molar-refractivity contribution >= 4 is 11.6 Å². The van der Waals surface area contributed by atoms with E-state index in [1.165, 1.54) is 0 Å². The fourth-order valence-electron chi connectivity index (χ4n) is 1.17. The monoisotopic (exact) mass is 229 g/mol. The number of benzene rings is 1. The van der Waals surface area contributed by atoms with Gasteiger partial charge in [-0.05, 0) is 30.2 Å². The number of aliphatic hydroxyl groups is 1. The minimum absolute atomic E-state index is 0.203. The maximum absolute atomic E-state index is 9.22. The van der Waals surface area contributed by atoms with E-state index >= 15 is 0 Å². The van der Waals surface area contributed by atoms with Crippen LogP contribution in [-0.4, -0.2) is 24.4 Å². The highest BCUT2D eigenvalue weighted by Gasteiger charge is 2.04. The second kappa shape index (κ2) is 5.95. The summed E-state index contributed by atoms with van der Waals surface area (Å²) in [4.78, 5) is 0. The summed E-state index contributed by atoms with van der Waals surface area (Å²) in [5.41, 5.74) is 6.30. The number of ether oxygens (including phenoxy) is 1. The molecule has 1 aromatic rings. The van der Waals surface area contributed by atoms with E-state index < -0.39 is 6.10 Å². The molecule has 3 N–H and O–H groups in total. The Morgan fingerprint density at radius 2 is 2.27 bits per heavy atom. The van der Waals surface area contributed by atoms with Gasteiger partial charge in [-0.25, -0.2) is 0 Å². The zero-order chi connectivity index (χ0) is 11.3. The van der Waals surface area contributed by atoms with Crippen molar-refractivity contribution in [1.82, 2.24) is 0 Å². The highest BCUT2D eigenvalue weighted by atomic mass is 35.5. The Hall–Kier alpha value is -0.770. The van der Waals surface area contributed by atoms with Crippen LogP contribution >= 0.6 is 11.6 Å². The third kappa shape index (κ3) is 3.70. The normalized spacial score (nSPS) is 12.5. The topological polar surface area (TPSA) is 55.5 Å². The first-order valence-corrected chi connectivity index (χ1v) is 5.34. The fourth-order valence-corrected chi connectivity index (χ4v) is 1.42. The van der Waals surface area contributed by atoms with Gasteiger partial charge in [-0.3, -0.25) is 0 Å². The van der Waals surface area contributed by atoms with E-state index in [4.69, 9.17) is 22.1 Å². The zero-order valence-electron chi connectivity index (χ0n) is 8.74. The Morgan fingerprint density at radius 3 is 2.87 bits per heavy atom. The van der Waals surface area contributed by atoms with Crippen molar-refractivity contribution in [3.63, 3.8) is 0 Å². The maximum Gasteiger partial charge on any atom is 0.119 e. The molecule has 0 saturated heterocycles. The molecule has 15 heavy (non-hydrogen) atoms. The predicted molar refractivity (Wildman–Crippen MR) is 61.4 cm³/mol. The lowest BCUT2D eigenvalue weighted by atomic mass is 10.1. The molecule has 0 saturated carbocycles. The largest absolute Gasteiger partial charge is 0.491 e. The molecule has 0 amide bonds. The van der Waals surface area contributed by atoms with Gasteiger partial charge in [0.15, 0.2) is 0 Å². The summed E-state index contributed by atoms with van der Waals surface area (Å²) >= 11 is 5.96. The van der Waals surface area contributed by atoms with Crippen LogP contribution in [0.15, 0.2) is 18.2 Å². The lowest BCUT2D eigenvalue weighted by molar-refractivity contribution is 0.114. The van der Waals surface area contributed by atoms with Gasteiger partial charge < -0.3 is 15.6 Å².